The molecule has 66 heavy (non-hydrogen) atoms. The highest BCUT2D eigenvalue weighted by molar-refractivity contribution is 7.92. The van der Waals surface area contributed by atoms with Crippen LogP contribution in [0.5, 0.6) is 0 Å². The van der Waals surface area contributed by atoms with Gasteiger partial charge in [0.2, 0.25) is 5.95 Å². The Bertz CT molecular complexity index is 2980. The third kappa shape index (κ3) is 11.3. The molecule has 0 spiro atoms. The number of nitriles is 2. The van der Waals surface area contributed by atoms with Crippen LogP contribution in [-0.4, -0.2) is 108 Å². The molecule has 0 unspecified atom stereocenters. The van der Waals surface area contributed by atoms with Crippen molar-refractivity contribution in [3.8, 4) is 12.1 Å². The van der Waals surface area contributed by atoms with Crippen LogP contribution in [0.4, 0.5) is 40.2 Å². The molecule has 7 rings (SSSR count). The number of ether oxygens (including phenoxy) is 2. The number of benzene rings is 4. The van der Waals surface area contributed by atoms with Crippen molar-refractivity contribution < 1.29 is 26.3 Å². The quantitative estimate of drug-likeness (QED) is 0.0470. The summed E-state index contributed by atoms with van der Waals surface area (Å²) in [6, 6.07) is 26.5. The van der Waals surface area contributed by atoms with E-state index in [2.05, 4.69) is 57.6 Å². The summed E-state index contributed by atoms with van der Waals surface area (Å²) in [6.07, 6.45) is 3.00. The van der Waals surface area contributed by atoms with Crippen LogP contribution < -0.4 is 25.6 Å². The number of sulfonamides is 1. The van der Waals surface area contributed by atoms with E-state index in [1.54, 1.807) is 62.5 Å². The SMILES string of the molecule is Cc1ccc(NS(=O)(=O)c2ccc(NCCOCCOCCN3CCN(c4ccc(Nc5ncc(Cl)c(Nc6ccccc6S(=O)(=O)C(C)C)n5)cc4)CC3)c(C#N)c2)c2[nH]cc(C#N)c12. The molecule has 5 N–H and O–H groups in total. The molecule has 1 aliphatic heterocycles. The van der Waals surface area contributed by atoms with Gasteiger partial charge in [0, 0.05) is 62.2 Å². The zero-order valence-electron chi connectivity index (χ0n) is 36.6. The van der Waals surface area contributed by atoms with Gasteiger partial charge >= 0.3 is 0 Å². The van der Waals surface area contributed by atoms with Crippen molar-refractivity contribution in [1.82, 2.24) is 19.9 Å². The Morgan fingerprint density at radius 2 is 1.55 bits per heavy atom. The van der Waals surface area contributed by atoms with Crippen LogP contribution in [0.1, 0.15) is 30.5 Å². The molecule has 3 heterocycles. The first-order valence-corrected chi connectivity index (χ1v) is 24.6. The third-order valence-electron chi connectivity index (χ3n) is 11.0. The molecule has 4 aromatic carbocycles. The lowest BCUT2D eigenvalue weighted by Gasteiger charge is -2.36. The van der Waals surface area contributed by atoms with Crippen molar-refractivity contribution in [2.45, 2.75) is 35.8 Å². The molecular weight excluding hydrogens is 902 g/mol. The number of hydrogen-bond acceptors (Lipinski definition) is 15. The molecule has 0 radical (unpaired) electrons. The molecule has 1 fully saturated rings. The predicted molar refractivity (Wildman–Crippen MR) is 257 cm³/mol. The van der Waals surface area contributed by atoms with Gasteiger partial charge in [0.15, 0.2) is 15.7 Å². The zero-order chi connectivity index (χ0) is 46.8. The molecule has 2 aromatic heterocycles. The number of piperazine rings is 1. The number of hydrogen-bond donors (Lipinski definition) is 5. The summed E-state index contributed by atoms with van der Waals surface area (Å²) >= 11 is 6.41. The number of nitrogens with zero attached hydrogens (tertiary/aromatic N) is 6. The van der Waals surface area contributed by atoms with E-state index in [0.29, 0.717) is 72.4 Å². The van der Waals surface area contributed by atoms with Crippen LogP contribution in [0.3, 0.4) is 0 Å². The van der Waals surface area contributed by atoms with Gasteiger partial charge in [-0.3, -0.25) is 9.62 Å². The van der Waals surface area contributed by atoms with E-state index in [1.807, 2.05) is 31.2 Å². The summed E-state index contributed by atoms with van der Waals surface area (Å²) in [5, 5.41) is 29.0. The molecular formula is C46H50ClN11O6S2. The van der Waals surface area contributed by atoms with Gasteiger partial charge in [-0.15, -0.1) is 0 Å². The summed E-state index contributed by atoms with van der Waals surface area (Å²) in [4.78, 5) is 16.6. The monoisotopic (exact) mass is 951 g/mol. The average Bonchev–Trinajstić information content (AvgIpc) is 3.77. The van der Waals surface area contributed by atoms with Gasteiger partial charge in [-0.1, -0.05) is 29.8 Å². The second-order valence-electron chi connectivity index (χ2n) is 15.7. The van der Waals surface area contributed by atoms with Crippen molar-refractivity contribution in [2.75, 3.05) is 91.3 Å². The highest BCUT2D eigenvalue weighted by Crippen LogP contribution is 2.33. The fourth-order valence-corrected chi connectivity index (χ4v) is 9.77. The Balaban J connectivity index is 0.784. The topological polar surface area (TPSA) is 230 Å². The number of aromatic amines is 1. The number of sulfone groups is 1. The van der Waals surface area contributed by atoms with Crippen molar-refractivity contribution >= 4 is 82.6 Å². The minimum absolute atomic E-state index is 0.0682. The lowest BCUT2D eigenvalue weighted by molar-refractivity contribution is 0.0412. The van der Waals surface area contributed by atoms with Gasteiger partial charge in [-0.05, 0) is 87.0 Å². The molecule has 0 atom stereocenters. The number of aromatic nitrogens is 3. The highest BCUT2D eigenvalue weighted by Gasteiger charge is 2.24. The summed E-state index contributed by atoms with van der Waals surface area (Å²) < 4.78 is 66.7. The Morgan fingerprint density at radius 3 is 2.27 bits per heavy atom. The van der Waals surface area contributed by atoms with Crippen molar-refractivity contribution in [1.29, 1.82) is 10.5 Å². The molecule has 0 amide bonds. The lowest BCUT2D eigenvalue weighted by Crippen LogP contribution is -2.47. The Labute approximate surface area is 389 Å². The maximum absolute atomic E-state index is 13.3. The number of rotatable bonds is 20. The van der Waals surface area contributed by atoms with Crippen LogP contribution in [0.25, 0.3) is 10.9 Å². The summed E-state index contributed by atoms with van der Waals surface area (Å²) in [5.41, 5.74) is 4.99. The van der Waals surface area contributed by atoms with E-state index < -0.39 is 25.1 Å². The zero-order valence-corrected chi connectivity index (χ0v) is 39.0. The molecule has 20 heteroatoms. The Morgan fingerprint density at radius 1 is 0.833 bits per heavy atom. The number of para-hydroxylation sites is 1. The van der Waals surface area contributed by atoms with Gasteiger partial charge in [-0.25, -0.2) is 21.8 Å². The van der Waals surface area contributed by atoms with Crippen molar-refractivity contribution in [3.05, 3.63) is 113 Å². The second kappa shape index (κ2) is 21.2. The van der Waals surface area contributed by atoms with Crippen molar-refractivity contribution in [2.24, 2.45) is 0 Å². The molecule has 0 saturated carbocycles. The Kier molecular flexibility index (Phi) is 15.3. The molecule has 0 bridgehead atoms. The fourth-order valence-electron chi connectivity index (χ4n) is 7.34. The van der Waals surface area contributed by atoms with Crippen LogP contribution in [0, 0.1) is 29.6 Å². The van der Waals surface area contributed by atoms with Crippen LogP contribution in [0.15, 0.2) is 101 Å². The van der Waals surface area contributed by atoms with Gasteiger partial charge in [-0.2, -0.15) is 15.5 Å². The lowest BCUT2D eigenvalue weighted by atomic mass is 10.1. The number of nitrogens with one attached hydrogen (secondary N) is 5. The first-order chi connectivity index (χ1) is 31.8. The number of anilines is 7. The summed E-state index contributed by atoms with van der Waals surface area (Å²) in [6.45, 7) is 11.6. The average molecular weight is 953 g/mol. The molecule has 344 valence electrons. The highest BCUT2D eigenvalue weighted by atomic mass is 35.5. The standard InChI is InChI=1S/C46H50ClN11O6S2/c1-31(2)65(59,60)42-7-5-4-6-40(42)54-45-38(47)30-52-46(55-45)53-35-9-11-36(12-10-35)58-19-17-57(18-20-58)21-23-64-25-24-63-22-16-50-39-15-13-37(26-33(39)27-48)66(61,62)56-41-14-8-32(3)43-34(28-49)29-51-44(41)43/h4-15,26,29-31,50-51,56H,16-25H2,1-3H3,(H2,52,53,54,55). The summed E-state index contributed by atoms with van der Waals surface area (Å²) in [7, 11) is -7.59. The molecule has 17 nitrogen and oxygen atoms in total. The van der Waals surface area contributed by atoms with E-state index in [1.165, 1.54) is 18.3 Å². The minimum atomic E-state index is -4.04. The van der Waals surface area contributed by atoms with Gasteiger partial charge in [0.05, 0.1) is 81.4 Å². The largest absolute Gasteiger partial charge is 0.382 e. The van der Waals surface area contributed by atoms with E-state index in [0.717, 1.165) is 49.7 Å². The maximum atomic E-state index is 13.3. The van der Waals surface area contributed by atoms with Crippen LogP contribution >= 0.6 is 11.6 Å². The first kappa shape index (κ1) is 47.5. The van der Waals surface area contributed by atoms with E-state index in [9.17, 15) is 27.4 Å². The fraction of sp³-hybridized carbons (Fsp3) is 0.304. The second-order valence-corrected chi connectivity index (χ2v) is 20.2. The maximum Gasteiger partial charge on any atom is 0.262 e. The third-order valence-corrected chi connectivity index (χ3v) is 14.8. The first-order valence-electron chi connectivity index (χ1n) is 21.2. The number of fused-ring (bicyclic) bond motifs is 1. The van der Waals surface area contributed by atoms with Crippen LogP contribution in [-0.2, 0) is 29.3 Å². The number of halogens is 1. The van der Waals surface area contributed by atoms with E-state index >= 15 is 0 Å². The van der Waals surface area contributed by atoms with Crippen LogP contribution in [0.2, 0.25) is 5.02 Å². The smallest absolute Gasteiger partial charge is 0.262 e. The molecule has 0 aliphatic carbocycles. The molecule has 6 aromatic rings. The number of H-pyrrole nitrogens is 1. The normalized spacial score (nSPS) is 13.3. The van der Waals surface area contributed by atoms with Gasteiger partial charge < -0.3 is 35.3 Å². The van der Waals surface area contributed by atoms with Crippen molar-refractivity contribution in [3.63, 3.8) is 0 Å². The molecule has 1 saturated heterocycles. The van der Waals surface area contributed by atoms with Gasteiger partial charge in [0.1, 0.15) is 17.2 Å². The predicted octanol–water partition coefficient (Wildman–Crippen LogP) is 7.40. The molecule has 1 aliphatic rings. The van der Waals surface area contributed by atoms with Gasteiger partial charge in [0.25, 0.3) is 10.0 Å². The minimum Gasteiger partial charge on any atom is -0.382 e. The summed E-state index contributed by atoms with van der Waals surface area (Å²) in [5.74, 6) is 0.578. The van der Waals surface area contributed by atoms with E-state index in [-0.39, 0.29) is 26.2 Å². The Hall–Kier alpha value is -6.45. The number of aryl methyl sites for hydroxylation is 1. The van der Waals surface area contributed by atoms with E-state index in [4.69, 9.17) is 21.1 Å².